The lowest BCUT2D eigenvalue weighted by Crippen LogP contribution is -2.29. The lowest BCUT2D eigenvalue weighted by atomic mass is 10.2. The van der Waals surface area contributed by atoms with Gasteiger partial charge in [0.1, 0.15) is 11.8 Å². The van der Waals surface area contributed by atoms with Gasteiger partial charge in [-0.2, -0.15) is 0 Å². The monoisotopic (exact) mass is 281 g/mol. The molecule has 110 valence electrons. The van der Waals surface area contributed by atoms with Crippen molar-refractivity contribution in [2.75, 3.05) is 19.0 Å². The van der Waals surface area contributed by atoms with Crippen LogP contribution < -0.4 is 11.1 Å². The molecule has 20 heavy (non-hydrogen) atoms. The number of aromatic nitrogens is 1. The summed E-state index contributed by atoms with van der Waals surface area (Å²) in [6.07, 6.45) is 2.57. The van der Waals surface area contributed by atoms with Gasteiger partial charge in [0.25, 0.3) is 5.91 Å². The fourth-order valence-corrected chi connectivity index (χ4v) is 2.24. The third-order valence-corrected chi connectivity index (χ3v) is 3.33. The molecular formula is C13H19N3O4. The van der Waals surface area contributed by atoms with Gasteiger partial charge in [0.2, 0.25) is 0 Å². The quantitative estimate of drug-likeness (QED) is 0.772. The Morgan fingerprint density at radius 3 is 2.90 bits per heavy atom. The standard InChI is InChI=1S/C13H19N3O4/c1-16-7-8(5-10(16)13(18)19-2)15-12(17)11-4-3-9(6-14)20-11/h5,7,9,11H,3-4,6,14H2,1-2H3,(H,15,17)/t9-,11+/m1/s1. The summed E-state index contributed by atoms with van der Waals surface area (Å²) in [6, 6.07) is 1.57. The molecular weight excluding hydrogens is 262 g/mol. The highest BCUT2D eigenvalue weighted by atomic mass is 16.5. The first kappa shape index (κ1) is 14.5. The van der Waals surface area contributed by atoms with Crippen LogP contribution in [0.4, 0.5) is 5.69 Å². The Balaban J connectivity index is 2.00. The zero-order chi connectivity index (χ0) is 14.7. The molecule has 0 saturated carbocycles. The lowest BCUT2D eigenvalue weighted by Gasteiger charge is -2.11. The summed E-state index contributed by atoms with van der Waals surface area (Å²) in [5.74, 6) is -0.670. The van der Waals surface area contributed by atoms with E-state index in [1.54, 1.807) is 23.9 Å². The lowest BCUT2D eigenvalue weighted by molar-refractivity contribution is -0.126. The molecule has 1 aromatic heterocycles. The number of nitrogens with zero attached hydrogens (tertiary/aromatic N) is 1. The average Bonchev–Trinajstić information content (AvgIpc) is 3.04. The van der Waals surface area contributed by atoms with E-state index in [-0.39, 0.29) is 12.0 Å². The minimum atomic E-state index is -0.481. The molecule has 1 aromatic rings. The highest BCUT2D eigenvalue weighted by Crippen LogP contribution is 2.21. The molecule has 1 aliphatic heterocycles. The molecule has 2 rings (SSSR count). The molecule has 3 N–H and O–H groups in total. The summed E-state index contributed by atoms with van der Waals surface area (Å²) in [7, 11) is 3.02. The molecule has 1 fully saturated rings. The number of ether oxygens (including phenoxy) is 2. The van der Waals surface area contributed by atoms with Crippen LogP contribution in [0.5, 0.6) is 0 Å². The number of nitrogens with two attached hydrogens (primary N) is 1. The zero-order valence-corrected chi connectivity index (χ0v) is 11.6. The van der Waals surface area contributed by atoms with Crippen molar-refractivity contribution in [2.45, 2.75) is 25.0 Å². The van der Waals surface area contributed by atoms with Crippen LogP contribution in [0.3, 0.4) is 0 Å². The summed E-state index contributed by atoms with van der Waals surface area (Å²) in [4.78, 5) is 23.5. The largest absolute Gasteiger partial charge is 0.464 e. The van der Waals surface area contributed by atoms with Gasteiger partial charge in [-0.25, -0.2) is 4.79 Å². The summed E-state index contributed by atoms with van der Waals surface area (Å²) >= 11 is 0. The van der Waals surface area contributed by atoms with E-state index in [9.17, 15) is 9.59 Å². The van der Waals surface area contributed by atoms with E-state index >= 15 is 0 Å². The predicted octanol–water partition coefficient (Wildman–Crippen LogP) is 0.257. The van der Waals surface area contributed by atoms with Crippen molar-refractivity contribution in [1.82, 2.24) is 4.57 Å². The van der Waals surface area contributed by atoms with Crippen molar-refractivity contribution >= 4 is 17.6 Å². The minimum absolute atomic E-state index is 0.0489. The van der Waals surface area contributed by atoms with E-state index in [0.29, 0.717) is 24.3 Å². The molecule has 1 aliphatic rings. The second-order valence-corrected chi connectivity index (χ2v) is 4.77. The van der Waals surface area contributed by atoms with Gasteiger partial charge in [-0.05, 0) is 18.9 Å². The maximum Gasteiger partial charge on any atom is 0.354 e. The van der Waals surface area contributed by atoms with Crippen LogP contribution in [0.1, 0.15) is 23.3 Å². The highest BCUT2D eigenvalue weighted by Gasteiger charge is 2.30. The molecule has 0 radical (unpaired) electrons. The molecule has 7 heteroatoms. The average molecular weight is 281 g/mol. The number of rotatable bonds is 4. The van der Waals surface area contributed by atoms with Crippen molar-refractivity contribution in [2.24, 2.45) is 12.8 Å². The molecule has 1 amide bonds. The number of anilines is 1. The van der Waals surface area contributed by atoms with Crippen LogP contribution in [-0.2, 0) is 21.3 Å². The van der Waals surface area contributed by atoms with Gasteiger partial charge in [0.05, 0.1) is 18.9 Å². The normalized spacial score (nSPS) is 21.8. The van der Waals surface area contributed by atoms with E-state index in [2.05, 4.69) is 10.1 Å². The molecule has 0 aliphatic carbocycles. The number of carbonyl (C=O) groups is 2. The zero-order valence-electron chi connectivity index (χ0n) is 11.6. The number of carbonyl (C=O) groups excluding carboxylic acids is 2. The van der Waals surface area contributed by atoms with Gasteiger partial charge >= 0.3 is 5.97 Å². The summed E-state index contributed by atoms with van der Waals surface area (Å²) in [6.45, 7) is 0.418. The van der Waals surface area contributed by atoms with E-state index in [4.69, 9.17) is 10.5 Å². The molecule has 0 bridgehead atoms. The Bertz CT molecular complexity index is 512. The Hall–Kier alpha value is -1.86. The van der Waals surface area contributed by atoms with Gasteiger partial charge in [0, 0.05) is 19.8 Å². The summed E-state index contributed by atoms with van der Waals surface area (Å²) in [5.41, 5.74) is 6.42. The third-order valence-electron chi connectivity index (χ3n) is 3.33. The van der Waals surface area contributed by atoms with Crippen LogP contribution in [0.2, 0.25) is 0 Å². The number of nitrogens with one attached hydrogen (secondary N) is 1. The smallest absolute Gasteiger partial charge is 0.354 e. The van der Waals surface area contributed by atoms with Gasteiger partial charge in [0.15, 0.2) is 0 Å². The first-order valence-corrected chi connectivity index (χ1v) is 6.46. The summed E-state index contributed by atoms with van der Waals surface area (Å²) < 4.78 is 11.8. The van der Waals surface area contributed by atoms with Gasteiger partial charge in [-0.3, -0.25) is 4.79 Å². The second-order valence-electron chi connectivity index (χ2n) is 4.77. The highest BCUT2D eigenvalue weighted by molar-refractivity contribution is 5.96. The minimum Gasteiger partial charge on any atom is -0.464 e. The van der Waals surface area contributed by atoms with Gasteiger partial charge in [-0.15, -0.1) is 0 Å². The number of esters is 1. The number of hydrogen-bond donors (Lipinski definition) is 2. The summed E-state index contributed by atoms with van der Waals surface area (Å²) in [5, 5.41) is 2.74. The number of amides is 1. The topological polar surface area (TPSA) is 95.6 Å². The fraction of sp³-hybridized carbons (Fsp3) is 0.538. The van der Waals surface area contributed by atoms with E-state index in [0.717, 1.165) is 6.42 Å². The number of methoxy groups -OCH3 is 1. The maximum atomic E-state index is 12.0. The SMILES string of the molecule is COC(=O)c1cc(NC(=O)[C@@H]2CC[C@H](CN)O2)cn1C. The second kappa shape index (κ2) is 6.06. The first-order chi connectivity index (χ1) is 9.55. The molecule has 2 atom stereocenters. The van der Waals surface area contributed by atoms with Crippen molar-refractivity contribution in [3.8, 4) is 0 Å². The molecule has 0 unspecified atom stereocenters. The Kier molecular flexibility index (Phi) is 4.41. The van der Waals surface area contributed by atoms with Crippen LogP contribution in [0, 0.1) is 0 Å². The van der Waals surface area contributed by atoms with Crippen molar-refractivity contribution in [1.29, 1.82) is 0 Å². The first-order valence-electron chi connectivity index (χ1n) is 6.46. The third kappa shape index (κ3) is 3.00. The Labute approximate surface area is 117 Å². The van der Waals surface area contributed by atoms with Crippen LogP contribution >= 0.6 is 0 Å². The maximum absolute atomic E-state index is 12.0. The van der Waals surface area contributed by atoms with Crippen LogP contribution in [-0.4, -0.2) is 42.3 Å². The van der Waals surface area contributed by atoms with Gasteiger partial charge < -0.3 is 25.1 Å². The molecule has 0 aromatic carbocycles. The molecule has 1 saturated heterocycles. The number of hydrogen-bond acceptors (Lipinski definition) is 5. The van der Waals surface area contributed by atoms with E-state index in [1.807, 2.05) is 0 Å². The molecule has 7 nitrogen and oxygen atoms in total. The fourth-order valence-electron chi connectivity index (χ4n) is 2.24. The van der Waals surface area contributed by atoms with Crippen molar-refractivity contribution in [3.63, 3.8) is 0 Å². The predicted molar refractivity (Wildman–Crippen MR) is 72.3 cm³/mol. The Morgan fingerprint density at radius 1 is 1.55 bits per heavy atom. The molecule has 2 heterocycles. The Morgan fingerprint density at radius 2 is 2.30 bits per heavy atom. The van der Waals surface area contributed by atoms with Crippen molar-refractivity contribution < 1.29 is 19.1 Å². The van der Waals surface area contributed by atoms with Gasteiger partial charge in [-0.1, -0.05) is 0 Å². The van der Waals surface area contributed by atoms with Crippen LogP contribution in [0.15, 0.2) is 12.3 Å². The number of aryl methyl sites for hydroxylation is 1. The van der Waals surface area contributed by atoms with Crippen molar-refractivity contribution in [3.05, 3.63) is 18.0 Å². The molecule has 0 spiro atoms. The van der Waals surface area contributed by atoms with E-state index in [1.165, 1.54) is 7.11 Å². The van der Waals surface area contributed by atoms with E-state index < -0.39 is 12.1 Å². The van der Waals surface area contributed by atoms with Crippen LogP contribution in [0.25, 0.3) is 0 Å².